The Bertz CT molecular complexity index is 644. The highest BCUT2D eigenvalue weighted by Crippen LogP contribution is 2.37. The van der Waals surface area contributed by atoms with Gasteiger partial charge in [-0.25, -0.2) is 9.18 Å². The molecule has 7 heteroatoms. The summed E-state index contributed by atoms with van der Waals surface area (Å²) in [5, 5.41) is 5.69. The number of benzene rings is 1. The third-order valence-corrected chi connectivity index (χ3v) is 4.73. The number of methoxy groups -OCH3 is 1. The van der Waals surface area contributed by atoms with Gasteiger partial charge in [0.15, 0.2) is 0 Å². The molecule has 24 heavy (non-hydrogen) atoms. The maximum atomic E-state index is 13.6. The van der Waals surface area contributed by atoms with Crippen LogP contribution in [0.1, 0.15) is 24.0 Å². The lowest BCUT2D eigenvalue weighted by Crippen LogP contribution is -2.67. The Kier molecular flexibility index (Phi) is 4.71. The number of nitrogens with one attached hydrogen (secondary N) is 2. The summed E-state index contributed by atoms with van der Waals surface area (Å²) >= 11 is 0. The molecule has 3 amide bonds. The van der Waals surface area contributed by atoms with Gasteiger partial charge in [0.25, 0.3) is 0 Å². The molecule has 0 aromatic heterocycles. The van der Waals surface area contributed by atoms with Gasteiger partial charge in [0.05, 0.1) is 12.0 Å². The summed E-state index contributed by atoms with van der Waals surface area (Å²) in [4.78, 5) is 25.8. The van der Waals surface area contributed by atoms with E-state index >= 15 is 0 Å². The Labute approximate surface area is 140 Å². The van der Waals surface area contributed by atoms with Crippen LogP contribution >= 0.6 is 0 Å². The number of hydrogen-bond acceptors (Lipinski definition) is 3. The van der Waals surface area contributed by atoms with Crippen LogP contribution in [0.5, 0.6) is 0 Å². The standard InChI is InChI=1S/C17H22FN3O3/c1-24-9-13-7-12(3-4-14(13)18)8-20-16(23)21-10-17(11-21)5-2-6-19-15(17)22/h3-4,7H,2,5-6,8-11H2,1H3,(H,19,22)(H,20,23). The van der Waals surface area contributed by atoms with Crippen molar-refractivity contribution in [3.05, 3.63) is 35.1 Å². The lowest BCUT2D eigenvalue weighted by molar-refractivity contribution is -0.142. The van der Waals surface area contributed by atoms with Gasteiger partial charge < -0.3 is 20.3 Å². The first-order valence-corrected chi connectivity index (χ1v) is 8.11. The summed E-state index contributed by atoms with van der Waals surface area (Å²) < 4.78 is 18.5. The Morgan fingerprint density at radius 3 is 2.96 bits per heavy atom. The van der Waals surface area contributed by atoms with E-state index in [9.17, 15) is 14.0 Å². The number of ether oxygens (including phenoxy) is 1. The minimum absolute atomic E-state index is 0.0561. The van der Waals surface area contributed by atoms with Gasteiger partial charge in [-0.2, -0.15) is 0 Å². The van der Waals surface area contributed by atoms with E-state index < -0.39 is 5.41 Å². The van der Waals surface area contributed by atoms with Crippen LogP contribution in [-0.4, -0.2) is 43.6 Å². The van der Waals surface area contributed by atoms with Crippen molar-refractivity contribution in [3.8, 4) is 0 Å². The largest absolute Gasteiger partial charge is 0.380 e. The summed E-state index contributed by atoms with van der Waals surface area (Å²) in [5.74, 6) is -0.263. The minimum atomic E-state index is -0.392. The van der Waals surface area contributed by atoms with Crippen LogP contribution in [0.4, 0.5) is 9.18 Å². The molecule has 1 aromatic carbocycles. The first-order chi connectivity index (χ1) is 11.5. The number of likely N-dealkylation sites (tertiary alicyclic amines) is 1. The van der Waals surface area contributed by atoms with E-state index in [1.807, 2.05) is 0 Å². The molecule has 130 valence electrons. The number of halogens is 1. The lowest BCUT2D eigenvalue weighted by Gasteiger charge is -2.50. The van der Waals surface area contributed by atoms with Crippen LogP contribution in [0.3, 0.4) is 0 Å². The molecular weight excluding hydrogens is 313 g/mol. The monoisotopic (exact) mass is 335 g/mol. The first kappa shape index (κ1) is 16.7. The second kappa shape index (κ2) is 6.76. The number of amides is 3. The quantitative estimate of drug-likeness (QED) is 0.874. The Balaban J connectivity index is 1.52. The molecule has 0 atom stereocenters. The zero-order valence-electron chi connectivity index (χ0n) is 13.7. The fourth-order valence-corrected chi connectivity index (χ4v) is 3.35. The maximum Gasteiger partial charge on any atom is 0.317 e. The predicted molar refractivity (Wildman–Crippen MR) is 85.6 cm³/mol. The number of carbonyl (C=O) groups is 2. The molecule has 2 N–H and O–H groups in total. The van der Waals surface area contributed by atoms with E-state index in [0.717, 1.165) is 24.9 Å². The third-order valence-electron chi connectivity index (χ3n) is 4.73. The van der Waals surface area contributed by atoms with Crippen molar-refractivity contribution in [2.75, 3.05) is 26.7 Å². The number of urea groups is 1. The van der Waals surface area contributed by atoms with Gasteiger partial charge in [-0.15, -0.1) is 0 Å². The fourth-order valence-electron chi connectivity index (χ4n) is 3.35. The van der Waals surface area contributed by atoms with E-state index in [2.05, 4.69) is 10.6 Å². The van der Waals surface area contributed by atoms with Crippen LogP contribution in [0.15, 0.2) is 18.2 Å². The van der Waals surface area contributed by atoms with Crippen molar-refractivity contribution >= 4 is 11.9 Å². The van der Waals surface area contributed by atoms with Gasteiger partial charge in [0, 0.05) is 38.9 Å². The molecule has 3 rings (SSSR count). The molecule has 2 heterocycles. The van der Waals surface area contributed by atoms with Crippen LogP contribution in [0.25, 0.3) is 0 Å². The van der Waals surface area contributed by atoms with Crippen LogP contribution in [0, 0.1) is 11.2 Å². The highest BCUT2D eigenvalue weighted by molar-refractivity contribution is 5.87. The van der Waals surface area contributed by atoms with E-state index in [1.165, 1.54) is 13.2 Å². The average molecular weight is 335 g/mol. The second-order valence-corrected chi connectivity index (χ2v) is 6.51. The predicted octanol–water partition coefficient (Wildman–Crippen LogP) is 1.39. The van der Waals surface area contributed by atoms with Gasteiger partial charge in [0.2, 0.25) is 5.91 Å². The molecule has 6 nitrogen and oxygen atoms in total. The number of nitrogens with zero attached hydrogens (tertiary/aromatic N) is 1. The first-order valence-electron chi connectivity index (χ1n) is 8.11. The highest BCUT2D eigenvalue weighted by atomic mass is 19.1. The van der Waals surface area contributed by atoms with Crippen molar-refractivity contribution in [2.45, 2.75) is 26.0 Å². The SMILES string of the molecule is COCc1cc(CNC(=O)N2CC3(CCCNC3=O)C2)ccc1F. The van der Waals surface area contributed by atoms with Crippen LogP contribution < -0.4 is 10.6 Å². The Morgan fingerprint density at radius 1 is 1.46 bits per heavy atom. The Hall–Kier alpha value is -2.15. The zero-order chi connectivity index (χ0) is 17.2. The lowest BCUT2D eigenvalue weighted by atomic mass is 9.73. The van der Waals surface area contributed by atoms with Crippen molar-refractivity contribution in [1.82, 2.24) is 15.5 Å². The van der Waals surface area contributed by atoms with Crippen molar-refractivity contribution in [3.63, 3.8) is 0 Å². The number of rotatable bonds is 4. The van der Waals surface area contributed by atoms with Gasteiger partial charge in [-0.05, 0) is 30.5 Å². The zero-order valence-corrected chi connectivity index (χ0v) is 13.7. The van der Waals surface area contributed by atoms with E-state index in [0.29, 0.717) is 25.2 Å². The van der Waals surface area contributed by atoms with Crippen molar-refractivity contribution < 1.29 is 18.7 Å². The summed E-state index contributed by atoms with van der Waals surface area (Å²) in [6.07, 6.45) is 1.79. The molecule has 2 fully saturated rings. The molecule has 0 saturated carbocycles. The van der Waals surface area contributed by atoms with E-state index in [-0.39, 0.29) is 24.4 Å². The molecule has 1 aromatic rings. The number of carbonyl (C=O) groups excluding carboxylic acids is 2. The second-order valence-electron chi connectivity index (χ2n) is 6.51. The molecular formula is C17H22FN3O3. The Morgan fingerprint density at radius 2 is 2.25 bits per heavy atom. The van der Waals surface area contributed by atoms with Crippen molar-refractivity contribution in [1.29, 1.82) is 0 Å². The van der Waals surface area contributed by atoms with E-state index in [1.54, 1.807) is 17.0 Å². The molecule has 2 aliphatic rings. The molecule has 0 bridgehead atoms. The maximum absolute atomic E-state index is 13.6. The van der Waals surface area contributed by atoms with E-state index in [4.69, 9.17) is 4.74 Å². The molecule has 0 unspecified atom stereocenters. The molecule has 2 saturated heterocycles. The topological polar surface area (TPSA) is 70.7 Å². The van der Waals surface area contributed by atoms with Crippen LogP contribution in [-0.2, 0) is 22.7 Å². The fraction of sp³-hybridized carbons (Fsp3) is 0.529. The molecule has 2 aliphatic heterocycles. The summed E-state index contributed by atoms with van der Waals surface area (Å²) in [5.41, 5.74) is 0.880. The normalized spacial score (nSPS) is 18.9. The smallest absolute Gasteiger partial charge is 0.317 e. The van der Waals surface area contributed by atoms with Crippen LogP contribution in [0.2, 0.25) is 0 Å². The van der Waals surface area contributed by atoms with Gasteiger partial charge in [-0.3, -0.25) is 4.79 Å². The average Bonchev–Trinajstić information content (AvgIpc) is 2.54. The van der Waals surface area contributed by atoms with Gasteiger partial charge in [-0.1, -0.05) is 6.07 Å². The highest BCUT2D eigenvalue weighted by Gasteiger charge is 2.51. The number of piperidine rings is 1. The van der Waals surface area contributed by atoms with Gasteiger partial charge in [0.1, 0.15) is 5.82 Å². The molecule has 1 spiro atoms. The third kappa shape index (κ3) is 3.21. The summed E-state index contributed by atoms with van der Waals surface area (Å²) in [7, 11) is 1.51. The van der Waals surface area contributed by atoms with Crippen molar-refractivity contribution in [2.24, 2.45) is 5.41 Å². The molecule has 0 radical (unpaired) electrons. The molecule has 0 aliphatic carbocycles. The summed E-state index contributed by atoms with van der Waals surface area (Å²) in [6.45, 7) is 2.15. The minimum Gasteiger partial charge on any atom is -0.380 e. The van der Waals surface area contributed by atoms with Gasteiger partial charge >= 0.3 is 6.03 Å². The summed E-state index contributed by atoms with van der Waals surface area (Å²) in [6, 6.07) is 4.50. The number of hydrogen-bond donors (Lipinski definition) is 2.